The molecule has 0 spiro atoms. The molecule has 0 aliphatic rings. The van der Waals surface area contributed by atoms with Gasteiger partial charge in [0.15, 0.2) is 0 Å². The van der Waals surface area contributed by atoms with Gasteiger partial charge in [0.05, 0.1) is 0 Å². The number of H-pyrrole nitrogens is 1. The van der Waals surface area contributed by atoms with Gasteiger partial charge in [-0.05, 0) is 19.9 Å². The lowest BCUT2D eigenvalue weighted by molar-refractivity contribution is 0.770. The van der Waals surface area contributed by atoms with Crippen LogP contribution in [0.1, 0.15) is 12.6 Å². The van der Waals surface area contributed by atoms with Crippen LogP contribution in [0.2, 0.25) is 0 Å². The van der Waals surface area contributed by atoms with Gasteiger partial charge in [0.1, 0.15) is 5.82 Å². The van der Waals surface area contributed by atoms with Crippen LogP contribution in [0.25, 0.3) is 22.3 Å². The lowest BCUT2D eigenvalue weighted by Gasteiger charge is -2.03. The molecule has 0 saturated carbocycles. The van der Waals surface area contributed by atoms with E-state index >= 15 is 0 Å². The molecule has 1 N–H and O–H groups in total. The topological polar surface area (TPSA) is 33.6 Å². The Bertz CT molecular complexity index is 647. The van der Waals surface area contributed by atoms with Gasteiger partial charge in [0, 0.05) is 41.1 Å². The lowest BCUT2D eigenvalue weighted by Crippen LogP contribution is -1.96. The van der Waals surface area contributed by atoms with E-state index in [4.69, 9.17) is 0 Å². The average molecular weight is 225 g/mol. The summed E-state index contributed by atoms with van der Waals surface area (Å²) >= 11 is 0. The minimum absolute atomic E-state index is 0.950. The zero-order chi connectivity index (χ0) is 11.8. The molecule has 0 radical (unpaired) electrons. The van der Waals surface area contributed by atoms with E-state index in [0.717, 1.165) is 12.4 Å². The van der Waals surface area contributed by atoms with E-state index in [0.29, 0.717) is 0 Å². The number of nitrogens with one attached hydrogen (secondary N) is 1. The fourth-order valence-corrected chi connectivity index (χ4v) is 2.54. The van der Waals surface area contributed by atoms with E-state index in [1.54, 1.807) is 6.20 Å². The van der Waals surface area contributed by atoms with Gasteiger partial charge in [-0.15, -0.1) is 0 Å². The summed E-state index contributed by atoms with van der Waals surface area (Å²) in [6, 6.07) is 8.48. The SMILES string of the molecule is CCn1c(C)c(-c2ncc[nH]2)c2ccccc21. The van der Waals surface area contributed by atoms with Crippen LogP contribution >= 0.6 is 0 Å². The van der Waals surface area contributed by atoms with Gasteiger partial charge < -0.3 is 9.55 Å². The van der Waals surface area contributed by atoms with Crippen LogP contribution < -0.4 is 0 Å². The zero-order valence-electron chi connectivity index (χ0n) is 10.1. The highest BCUT2D eigenvalue weighted by Gasteiger charge is 2.15. The standard InChI is InChI=1S/C14H15N3/c1-3-17-10(2)13(14-15-8-9-16-14)11-6-4-5-7-12(11)17/h4-9H,3H2,1-2H3,(H,15,16). The van der Waals surface area contributed by atoms with Crippen LogP contribution in [0, 0.1) is 6.92 Å². The number of imidazole rings is 1. The van der Waals surface area contributed by atoms with Gasteiger partial charge in [-0.25, -0.2) is 4.98 Å². The molecular weight excluding hydrogens is 210 g/mol. The van der Waals surface area contributed by atoms with E-state index in [1.165, 1.54) is 22.2 Å². The molecule has 2 aromatic heterocycles. The van der Waals surface area contributed by atoms with E-state index < -0.39 is 0 Å². The van der Waals surface area contributed by atoms with Crippen molar-refractivity contribution < 1.29 is 0 Å². The summed E-state index contributed by atoms with van der Waals surface area (Å²) in [6.45, 7) is 5.31. The Kier molecular flexibility index (Phi) is 2.25. The monoisotopic (exact) mass is 225 g/mol. The molecule has 0 amide bonds. The molecular formula is C14H15N3. The quantitative estimate of drug-likeness (QED) is 0.712. The maximum atomic E-state index is 4.38. The van der Waals surface area contributed by atoms with Crippen LogP contribution in [0.4, 0.5) is 0 Å². The molecule has 86 valence electrons. The van der Waals surface area contributed by atoms with Crippen molar-refractivity contribution in [3.63, 3.8) is 0 Å². The van der Waals surface area contributed by atoms with Crippen molar-refractivity contribution in [1.29, 1.82) is 0 Å². The first kappa shape index (κ1) is 10.1. The van der Waals surface area contributed by atoms with Crippen molar-refractivity contribution in [2.75, 3.05) is 0 Å². The second-order valence-electron chi connectivity index (χ2n) is 4.16. The summed E-state index contributed by atoms with van der Waals surface area (Å²) in [5.74, 6) is 0.950. The molecule has 0 bridgehead atoms. The highest BCUT2D eigenvalue weighted by molar-refractivity contribution is 5.96. The van der Waals surface area contributed by atoms with Gasteiger partial charge in [0.25, 0.3) is 0 Å². The van der Waals surface area contributed by atoms with Gasteiger partial charge in [-0.3, -0.25) is 0 Å². The van der Waals surface area contributed by atoms with Crippen molar-refractivity contribution in [2.45, 2.75) is 20.4 Å². The normalized spacial score (nSPS) is 11.2. The average Bonchev–Trinajstić information content (AvgIpc) is 2.93. The molecule has 0 aliphatic heterocycles. The Morgan fingerprint density at radius 3 is 2.82 bits per heavy atom. The van der Waals surface area contributed by atoms with Crippen LogP contribution in [0.5, 0.6) is 0 Å². The molecule has 17 heavy (non-hydrogen) atoms. The fourth-order valence-electron chi connectivity index (χ4n) is 2.54. The molecule has 3 aromatic rings. The number of hydrogen-bond acceptors (Lipinski definition) is 1. The highest BCUT2D eigenvalue weighted by Crippen LogP contribution is 2.32. The molecule has 1 aromatic carbocycles. The number of aromatic amines is 1. The zero-order valence-corrected chi connectivity index (χ0v) is 10.1. The van der Waals surface area contributed by atoms with Crippen molar-refractivity contribution in [3.05, 3.63) is 42.4 Å². The summed E-state index contributed by atoms with van der Waals surface area (Å²) in [6.07, 6.45) is 3.67. The van der Waals surface area contributed by atoms with Gasteiger partial charge in [0.2, 0.25) is 0 Å². The van der Waals surface area contributed by atoms with Gasteiger partial charge in [-0.1, -0.05) is 18.2 Å². The molecule has 3 heteroatoms. The number of rotatable bonds is 2. The maximum Gasteiger partial charge on any atom is 0.139 e. The molecule has 0 unspecified atom stereocenters. The number of hydrogen-bond donors (Lipinski definition) is 1. The van der Waals surface area contributed by atoms with E-state index in [-0.39, 0.29) is 0 Å². The van der Waals surface area contributed by atoms with Crippen molar-refractivity contribution in [2.24, 2.45) is 0 Å². The predicted octanol–water partition coefficient (Wildman–Crippen LogP) is 3.36. The molecule has 3 nitrogen and oxygen atoms in total. The molecule has 3 rings (SSSR count). The van der Waals surface area contributed by atoms with Crippen LogP contribution in [-0.4, -0.2) is 14.5 Å². The van der Waals surface area contributed by atoms with Gasteiger partial charge in [-0.2, -0.15) is 0 Å². The third-order valence-electron chi connectivity index (χ3n) is 3.28. The van der Waals surface area contributed by atoms with Gasteiger partial charge >= 0.3 is 0 Å². The first-order chi connectivity index (χ1) is 8.33. The number of nitrogens with zero attached hydrogens (tertiary/aromatic N) is 2. The Morgan fingerprint density at radius 1 is 1.29 bits per heavy atom. The summed E-state index contributed by atoms with van der Waals surface area (Å²) < 4.78 is 2.33. The van der Waals surface area contributed by atoms with Crippen molar-refractivity contribution in [3.8, 4) is 11.4 Å². The van der Waals surface area contributed by atoms with E-state index in [2.05, 4.69) is 52.6 Å². The molecule has 2 heterocycles. The largest absolute Gasteiger partial charge is 0.345 e. The number of para-hydroxylation sites is 1. The number of benzene rings is 1. The Hall–Kier alpha value is -2.03. The second kappa shape index (κ2) is 3.77. The first-order valence-electron chi connectivity index (χ1n) is 5.90. The van der Waals surface area contributed by atoms with Crippen molar-refractivity contribution in [1.82, 2.24) is 14.5 Å². The Balaban J connectivity index is 2.42. The second-order valence-corrected chi connectivity index (χ2v) is 4.16. The van der Waals surface area contributed by atoms with Crippen LogP contribution in [0.15, 0.2) is 36.7 Å². The molecule has 0 fully saturated rings. The summed E-state index contributed by atoms with van der Waals surface area (Å²) in [4.78, 5) is 7.58. The Morgan fingerprint density at radius 2 is 2.12 bits per heavy atom. The van der Waals surface area contributed by atoms with Crippen LogP contribution in [0.3, 0.4) is 0 Å². The third kappa shape index (κ3) is 1.39. The Labute approximate surface area is 100 Å². The first-order valence-corrected chi connectivity index (χ1v) is 5.90. The molecule has 0 aliphatic carbocycles. The number of aromatic nitrogens is 3. The minimum atomic E-state index is 0.950. The summed E-state index contributed by atoms with van der Waals surface area (Å²) in [5, 5.41) is 1.27. The predicted molar refractivity (Wildman–Crippen MR) is 69.9 cm³/mol. The minimum Gasteiger partial charge on any atom is -0.345 e. The summed E-state index contributed by atoms with van der Waals surface area (Å²) in [7, 11) is 0. The summed E-state index contributed by atoms with van der Waals surface area (Å²) in [5.41, 5.74) is 3.76. The fraction of sp³-hybridized carbons (Fsp3) is 0.214. The lowest BCUT2D eigenvalue weighted by atomic mass is 10.1. The number of fused-ring (bicyclic) bond motifs is 1. The van der Waals surface area contributed by atoms with Crippen LogP contribution in [-0.2, 0) is 6.54 Å². The third-order valence-corrected chi connectivity index (χ3v) is 3.28. The maximum absolute atomic E-state index is 4.38. The molecule has 0 atom stereocenters. The molecule has 0 saturated heterocycles. The highest BCUT2D eigenvalue weighted by atomic mass is 15.0. The van der Waals surface area contributed by atoms with Crippen molar-refractivity contribution >= 4 is 10.9 Å². The van der Waals surface area contributed by atoms with E-state index in [9.17, 15) is 0 Å². The van der Waals surface area contributed by atoms with E-state index in [1.807, 2.05) is 6.20 Å². The smallest absolute Gasteiger partial charge is 0.139 e. The number of aryl methyl sites for hydroxylation is 1.